The Balaban J connectivity index is 1.26. The number of nitrogens with zero attached hydrogens (tertiary/aromatic N) is 3. The molecule has 5 heterocycles. The van der Waals surface area contributed by atoms with Crippen LogP contribution >= 0.6 is 11.3 Å². The van der Waals surface area contributed by atoms with Crippen LogP contribution in [0.15, 0.2) is 12.3 Å². The summed E-state index contributed by atoms with van der Waals surface area (Å²) in [7, 11) is 0. The van der Waals surface area contributed by atoms with Gasteiger partial charge in [-0.25, -0.2) is 4.98 Å². The Morgan fingerprint density at radius 3 is 3.15 bits per heavy atom. The molecule has 4 atom stereocenters. The Kier molecular flexibility index (Phi) is 4.10. The van der Waals surface area contributed by atoms with Crippen LogP contribution in [0.2, 0.25) is 0 Å². The number of hydrogen-bond acceptors (Lipinski definition) is 6. The van der Waals surface area contributed by atoms with Crippen LogP contribution in [0.4, 0.5) is 0 Å². The molecule has 0 saturated carbocycles. The van der Waals surface area contributed by atoms with Crippen LogP contribution in [-0.4, -0.2) is 57.3 Å². The van der Waals surface area contributed by atoms with Gasteiger partial charge >= 0.3 is 0 Å². The molecular formula is C19H25N5O2S. The van der Waals surface area contributed by atoms with Crippen LogP contribution in [0, 0.1) is 25.7 Å². The molecule has 0 aromatic carbocycles. The van der Waals surface area contributed by atoms with Gasteiger partial charge in [-0.2, -0.15) is 5.10 Å². The number of hydrogen-bond donors (Lipinski definition) is 2. The van der Waals surface area contributed by atoms with E-state index in [2.05, 4.69) is 25.4 Å². The molecule has 3 aliphatic heterocycles. The summed E-state index contributed by atoms with van der Waals surface area (Å²) in [6.07, 6.45) is 4.33. The lowest BCUT2D eigenvalue weighted by molar-refractivity contribution is 0.00203. The van der Waals surface area contributed by atoms with Gasteiger partial charge in [0.05, 0.1) is 22.4 Å². The second-order valence-electron chi connectivity index (χ2n) is 8.14. The van der Waals surface area contributed by atoms with E-state index in [1.54, 1.807) is 6.20 Å². The van der Waals surface area contributed by atoms with Crippen molar-refractivity contribution < 1.29 is 9.53 Å². The van der Waals surface area contributed by atoms with E-state index in [4.69, 9.17) is 4.74 Å². The first kappa shape index (κ1) is 17.3. The van der Waals surface area contributed by atoms with Crippen molar-refractivity contribution in [2.45, 2.75) is 44.9 Å². The zero-order valence-electron chi connectivity index (χ0n) is 15.7. The van der Waals surface area contributed by atoms with Gasteiger partial charge in [0.1, 0.15) is 4.88 Å². The molecule has 144 valence electrons. The number of nitrogens with one attached hydrogen (secondary N) is 2. The number of aryl methyl sites for hydroxylation is 2. The van der Waals surface area contributed by atoms with E-state index in [0.717, 1.165) is 53.7 Å². The minimum absolute atomic E-state index is 0.00207. The summed E-state index contributed by atoms with van der Waals surface area (Å²) in [6.45, 7) is 7.40. The van der Waals surface area contributed by atoms with Gasteiger partial charge in [-0.15, -0.1) is 11.3 Å². The van der Waals surface area contributed by atoms with E-state index in [0.29, 0.717) is 18.4 Å². The first-order valence-corrected chi connectivity index (χ1v) is 10.5. The maximum Gasteiger partial charge on any atom is 0.263 e. The Hall–Kier alpha value is -1.77. The van der Waals surface area contributed by atoms with Gasteiger partial charge in [0.25, 0.3) is 5.91 Å². The SMILES string of the molecule is Cc1nc(C)c(C(=O)NC[C@H]2[C@H]3CN(Cc4ccn[nH]4)C[C@]34CC[C@H]2O4)s1. The molecule has 3 aliphatic rings. The molecule has 2 N–H and O–H groups in total. The van der Waals surface area contributed by atoms with Gasteiger partial charge in [0.15, 0.2) is 0 Å². The van der Waals surface area contributed by atoms with E-state index in [1.165, 1.54) is 11.3 Å². The Bertz CT molecular complexity index is 850. The van der Waals surface area contributed by atoms with Gasteiger partial charge in [-0.05, 0) is 32.8 Å². The average molecular weight is 388 g/mol. The minimum atomic E-state index is -0.0168. The second-order valence-corrected chi connectivity index (χ2v) is 9.34. The highest BCUT2D eigenvalue weighted by Crippen LogP contribution is 2.54. The minimum Gasteiger partial charge on any atom is -0.370 e. The van der Waals surface area contributed by atoms with Crippen LogP contribution in [0.1, 0.15) is 38.9 Å². The van der Waals surface area contributed by atoms with E-state index < -0.39 is 0 Å². The standard InChI is InChI=1S/C19H25N5O2S/c1-11-17(27-12(2)22-11)18(25)20-7-14-15-9-24(8-13-4-6-21-23-13)10-19(15)5-3-16(14)26-19/h4,6,14-16H,3,5,7-10H2,1-2H3,(H,20,25)(H,21,23)/t14-,15+,16+,19+/m0/s1. The van der Waals surface area contributed by atoms with Crippen molar-refractivity contribution in [1.29, 1.82) is 0 Å². The maximum atomic E-state index is 12.6. The average Bonchev–Trinajstić information content (AvgIpc) is 3.41. The van der Waals surface area contributed by atoms with Crippen molar-refractivity contribution in [3.8, 4) is 0 Å². The fraction of sp³-hybridized carbons (Fsp3) is 0.632. The summed E-state index contributed by atoms with van der Waals surface area (Å²) in [5.74, 6) is 0.884. The first-order chi connectivity index (χ1) is 13.0. The highest BCUT2D eigenvalue weighted by molar-refractivity contribution is 7.13. The van der Waals surface area contributed by atoms with Crippen molar-refractivity contribution in [3.63, 3.8) is 0 Å². The summed E-state index contributed by atoms with van der Waals surface area (Å²) in [5.41, 5.74) is 1.95. The maximum absolute atomic E-state index is 12.6. The molecule has 8 heteroatoms. The monoisotopic (exact) mass is 387 g/mol. The normalized spacial score (nSPS) is 32.1. The molecule has 5 rings (SSSR count). The Labute approximate surface area is 162 Å². The molecule has 27 heavy (non-hydrogen) atoms. The number of fused-ring (bicyclic) bond motifs is 1. The van der Waals surface area contributed by atoms with E-state index in [-0.39, 0.29) is 17.6 Å². The van der Waals surface area contributed by atoms with Gasteiger partial charge < -0.3 is 10.1 Å². The highest BCUT2D eigenvalue weighted by atomic mass is 32.1. The molecule has 2 aromatic rings. The summed E-state index contributed by atoms with van der Waals surface area (Å²) in [6, 6.07) is 2.03. The van der Waals surface area contributed by atoms with Crippen LogP contribution in [0.3, 0.4) is 0 Å². The van der Waals surface area contributed by atoms with Crippen LogP contribution < -0.4 is 5.32 Å². The third-order valence-electron chi connectivity index (χ3n) is 6.41. The summed E-state index contributed by atoms with van der Waals surface area (Å²) >= 11 is 1.47. The van der Waals surface area contributed by atoms with Crippen LogP contribution in [0.5, 0.6) is 0 Å². The zero-order valence-corrected chi connectivity index (χ0v) is 16.5. The number of thiazole rings is 1. The number of likely N-dealkylation sites (tertiary alicyclic amines) is 1. The fourth-order valence-electron chi connectivity index (χ4n) is 5.33. The molecule has 0 aliphatic carbocycles. The van der Waals surface area contributed by atoms with Crippen LogP contribution in [0.25, 0.3) is 0 Å². The number of carbonyl (C=O) groups excluding carboxylic acids is 1. The third-order valence-corrected chi connectivity index (χ3v) is 7.49. The van der Waals surface area contributed by atoms with Crippen molar-refractivity contribution in [2.75, 3.05) is 19.6 Å². The molecule has 2 bridgehead atoms. The van der Waals surface area contributed by atoms with Gasteiger partial charge in [0.2, 0.25) is 0 Å². The van der Waals surface area contributed by atoms with E-state index >= 15 is 0 Å². The van der Waals surface area contributed by atoms with Gasteiger partial charge in [0, 0.05) is 49.9 Å². The van der Waals surface area contributed by atoms with Gasteiger partial charge in [-0.1, -0.05) is 0 Å². The first-order valence-electron chi connectivity index (χ1n) is 9.65. The number of H-pyrrole nitrogens is 1. The van der Waals surface area contributed by atoms with E-state index in [9.17, 15) is 4.79 Å². The molecule has 7 nitrogen and oxygen atoms in total. The number of amides is 1. The summed E-state index contributed by atoms with van der Waals surface area (Å²) < 4.78 is 6.48. The number of carbonyl (C=O) groups is 1. The molecule has 0 radical (unpaired) electrons. The van der Waals surface area contributed by atoms with E-state index in [1.807, 2.05) is 19.9 Å². The Morgan fingerprint density at radius 1 is 1.52 bits per heavy atom. The lowest BCUT2D eigenvalue weighted by atomic mass is 9.73. The van der Waals surface area contributed by atoms with Crippen molar-refractivity contribution in [2.24, 2.45) is 11.8 Å². The number of ether oxygens (including phenoxy) is 1. The number of aromatic nitrogens is 3. The molecule has 3 saturated heterocycles. The molecule has 0 unspecified atom stereocenters. The highest BCUT2D eigenvalue weighted by Gasteiger charge is 2.62. The molecule has 1 amide bonds. The van der Waals surface area contributed by atoms with Gasteiger partial charge in [-0.3, -0.25) is 14.8 Å². The Morgan fingerprint density at radius 2 is 2.41 bits per heavy atom. The van der Waals surface area contributed by atoms with Crippen LogP contribution in [-0.2, 0) is 11.3 Å². The molecule has 1 spiro atoms. The molecular weight excluding hydrogens is 362 g/mol. The quantitative estimate of drug-likeness (QED) is 0.819. The predicted octanol–water partition coefficient (Wildman–Crippen LogP) is 1.89. The lowest BCUT2D eigenvalue weighted by Gasteiger charge is -2.29. The number of rotatable bonds is 5. The second kappa shape index (κ2) is 6.39. The predicted molar refractivity (Wildman–Crippen MR) is 102 cm³/mol. The smallest absolute Gasteiger partial charge is 0.263 e. The number of aromatic amines is 1. The molecule has 3 fully saturated rings. The van der Waals surface area contributed by atoms with Crippen molar-refractivity contribution >= 4 is 17.2 Å². The summed E-state index contributed by atoms with van der Waals surface area (Å²) in [5, 5.41) is 11.2. The third kappa shape index (κ3) is 2.90. The summed E-state index contributed by atoms with van der Waals surface area (Å²) in [4.78, 5) is 20.2. The lowest BCUT2D eigenvalue weighted by Crippen LogP contribution is -2.41. The topological polar surface area (TPSA) is 83.1 Å². The molecule has 2 aromatic heterocycles. The van der Waals surface area contributed by atoms with Crippen molar-refractivity contribution in [3.05, 3.63) is 33.5 Å². The van der Waals surface area contributed by atoms with Crippen molar-refractivity contribution in [1.82, 2.24) is 25.4 Å². The largest absolute Gasteiger partial charge is 0.370 e. The fourth-order valence-corrected chi connectivity index (χ4v) is 6.16. The zero-order chi connectivity index (χ0) is 18.6.